The summed E-state index contributed by atoms with van der Waals surface area (Å²) in [7, 11) is -2.70. The van der Waals surface area contributed by atoms with Crippen molar-refractivity contribution in [2.75, 3.05) is 12.4 Å². The summed E-state index contributed by atoms with van der Waals surface area (Å²) in [4.78, 5) is 18.8. The number of hydrogen-bond donors (Lipinski definition) is 2. The maximum absolute atomic E-state index is 13.1. The van der Waals surface area contributed by atoms with Crippen molar-refractivity contribution in [3.8, 4) is 0 Å². The van der Waals surface area contributed by atoms with Crippen molar-refractivity contribution in [1.82, 2.24) is 9.29 Å². The van der Waals surface area contributed by atoms with Gasteiger partial charge in [0.15, 0.2) is 16.6 Å². The van der Waals surface area contributed by atoms with Crippen molar-refractivity contribution < 1.29 is 18.3 Å². The van der Waals surface area contributed by atoms with Crippen LogP contribution < -0.4 is 5.32 Å². The highest BCUT2D eigenvalue weighted by molar-refractivity contribution is 7.89. The van der Waals surface area contributed by atoms with Crippen LogP contribution in [0.2, 0.25) is 0 Å². The first-order valence-electron chi connectivity index (χ1n) is 9.12. The van der Waals surface area contributed by atoms with Crippen molar-refractivity contribution in [2.24, 2.45) is 0 Å². The highest BCUT2D eigenvalue weighted by atomic mass is 32.2. The number of benzene rings is 1. The Kier molecular flexibility index (Phi) is 4.19. The maximum Gasteiger partial charge on any atom is 0.278 e. The summed E-state index contributed by atoms with van der Waals surface area (Å²) in [5.74, 6) is -1.03. The monoisotopic (exact) mass is 447 g/mol. The van der Waals surface area contributed by atoms with Crippen molar-refractivity contribution in [1.29, 1.82) is 0 Å². The van der Waals surface area contributed by atoms with Crippen molar-refractivity contribution in [3.05, 3.63) is 45.4 Å². The average Bonchev–Trinajstić information content (AvgIpc) is 3.28. The molecule has 2 aliphatic rings. The van der Waals surface area contributed by atoms with Gasteiger partial charge in [-0.05, 0) is 31.7 Å². The second-order valence-electron chi connectivity index (χ2n) is 6.98. The van der Waals surface area contributed by atoms with Crippen LogP contribution in [0.1, 0.15) is 28.3 Å². The van der Waals surface area contributed by atoms with Crippen LogP contribution in [0.3, 0.4) is 0 Å². The number of carbonyl (C=O) groups is 1. The topological polar surface area (TPSA) is 99.6 Å². The number of aryl methyl sites for hydroxylation is 2. The Morgan fingerprint density at radius 2 is 1.97 bits per heavy atom. The van der Waals surface area contributed by atoms with E-state index < -0.39 is 15.9 Å². The summed E-state index contributed by atoms with van der Waals surface area (Å²) >= 11 is 2.56. The first-order valence-corrected chi connectivity index (χ1v) is 12.2. The van der Waals surface area contributed by atoms with E-state index in [1.807, 2.05) is 0 Å². The van der Waals surface area contributed by atoms with Gasteiger partial charge in [0.1, 0.15) is 4.90 Å². The van der Waals surface area contributed by atoms with E-state index in [0.717, 1.165) is 56.6 Å². The van der Waals surface area contributed by atoms with Gasteiger partial charge >= 0.3 is 0 Å². The number of rotatable bonds is 2. The summed E-state index contributed by atoms with van der Waals surface area (Å²) < 4.78 is 27.9. The van der Waals surface area contributed by atoms with Gasteiger partial charge in [0.05, 0.1) is 10.6 Å². The van der Waals surface area contributed by atoms with Gasteiger partial charge in [0, 0.05) is 22.0 Å². The molecule has 1 aliphatic carbocycles. The Morgan fingerprint density at radius 1 is 1.21 bits per heavy atom. The standard InChI is InChI=1S/C19H17N3O4S3/c1-22-14(18(24)21-19-20-11-7-3-5-9-13(11)28-19)15(23)16-17(29(22,25)26)10-6-2-4-8-12(10)27-16/h2,4,6,8,23H,3,5,7,9H2,1H3,(H,20,21,24). The molecule has 0 saturated heterocycles. The third kappa shape index (κ3) is 2.77. The number of thiazole rings is 1. The lowest BCUT2D eigenvalue weighted by Gasteiger charge is -2.26. The van der Waals surface area contributed by atoms with Crippen LogP contribution in [0.4, 0.5) is 5.13 Å². The average molecular weight is 448 g/mol. The molecular formula is C19H17N3O4S3. The van der Waals surface area contributed by atoms with Crippen LogP contribution in [-0.2, 0) is 27.7 Å². The minimum atomic E-state index is -3.98. The number of likely N-dealkylation sites (N-methyl/N-ethyl adjacent to an activating group) is 1. The molecule has 0 saturated carbocycles. The summed E-state index contributed by atoms with van der Waals surface area (Å²) in [5, 5.41) is 14.5. The predicted molar refractivity (Wildman–Crippen MR) is 114 cm³/mol. The normalized spacial score (nSPS) is 17.9. The van der Waals surface area contributed by atoms with Gasteiger partial charge in [0.25, 0.3) is 15.9 Å². The number of anilines is 1. The van der Waals surface area contributed by atoms with Crippen LogP contribution >= 0.6 is 22.7 Å². The first kappa shape index (κ1) is 18.6. The Morgan fingerprint density at radius 3 is 2.76 bits per heavy atom. The molecule has 5 rings (SSSR count). The molecule has 0 fully saturated rings. The molecule has 29 heavy (non-hydrogen) atoms. The third-order valence-corrected chi connectivity index (χ3v) is 9.43. The fourth-order valence-electron chi connectivity index (χ4n) is 3.76. The lowest BCUT2D eigenvalue weighted by molar-refractivity contribution is -0.113. The molecule has 0 spiro atoms. The van der Waals surface area contributed by atoms with E-state index in [1.54, 1.807) is 24.3 Å². The van der Waals surface area contributed by atoms with E-state index in [-0.39, 0.29) is 21.2 Å². The predicted octanol–water partition coefficient (Wildman–Crippen LogP) is 3.74. The number of sulfonamides is 1. The summed E-state index contributed by atoms with van der Waals surface area (Å²) in [6.45, 7) is 0. The number of aliphatic hydroxyl groups excluding tert-OH is 1. The van der Waals surface area contributed by atoms with E-state index in [1.165, 1.54) is 18.4 Å². The molecule has 10 heteroatoms. The molecule has 1 aromatic carbocycles. The van der Waals surface area contributed by atoms with Crippen molar-refractivity contribution in [3.63, 3.8) is 0 Å². The summed E-state index contributed by atoms with van der Waals surface area (Å²) in [5.41, 5.74) is 0.698. The molecule has 7 nitrogen and oxygen atoms in total. The number of thiophene rings is 1. The number of fused-ring (bicyclic) bond motifs is 4. The van der Waals surface area contributed by atoms with Crippen LogP contribution in [0.25, 0.3) is 15.8 Å². The molecule has 0 atom stereocenters. The number of aromatic nitrogens is 1. The number of hydrogen-bond acceptors (Lipinski definition) is 7. The number of carbonyl (C=O) groups excluding carboxylic acids is 1. The molecule has 150 valence electrons. The minimum Gasteiger partial charge on any atom is -0.504 e. The minimum absolute atomic E-state index is 0.0411. The van der Waals surface area contributed by atoms with Gasteiger partial charge in [-0.15, -0.1) is 22.7 Å². The van der Waals surface area contributed by atoms with Gasteiger partial charge in [-0.25, -0.2) is 13.4 Å². The lowest BCUT2D eigenvalue weighted by atomic mass is 10.0. The maximum atomic E-state index is 13.1. The fraction of sp³-hybridized carbons (Fsp3) is 0.263. The van der Waals surface area contributed by atoms with Crippen LogP contribution in [0, 0.1) is 0 Å². The molecule has 0 radical (unpaired) electrons. The molecule has 1 aliphatic heterocycles. The Labute approximate surface area is 175 Å². The number of nitrogens with one attached hydrogen (secondary N) is 1. The molecule has 3 heterocycles. The van der Waals surface area contributed by atoms with Crippen molar-refractivity contribution >= 4 is 59.6 Å². The number of amides is 1. The molecule has 2 aromatic heterocycles. The molecule has 2 N–H and O–H groups in total. The smallest absolute Gasteiger partial charge is 0.278 e. The quantitative estimate of drug-likeness (QED) is 0.623. The van der Waals surface area contributed by atoms with Crippen molar-refractivity contribution in [2.45, 2.75) is 30.6 Å². The van der Waals surface area contributed by atoms with Crippen LogP contribution in [0.15, 0.2) is 34.9 Å². The van der Waals surface area contributed by atoms with E-state index in [0.29, 0.717) is 10.5 Å². The van der Waals surface area contributed by atoms with E-state index in [9.17, 15) is 18.3 Å². The molecule has 1 amide bonds. The number of aliphatic hydroxyl groups is 1. The van der Waals surface area contributed by atoms with Gasteiger partial charge in [0.2, 0.25) is 0 Å². The largest absolute Gasteiger partial charge is 0.504 e. The second-order valence-corrected chi connectivity index (χ2v) is 11.0. The Bertz CT molecular complexity index is 1280. The highest BCUT2D eigenvalue weighted by Crippen LogP contribution is 2.44. The van der Waals surface area contributed by atoms with Crippen LogP contribution in [0.5, 0.6) is 0 Å². The van der Waals surface area contributed by atoms with Crippen LogP contribution in [-0.4, -0.2) is 35.8 Å². The molecule has 3 aromatic rings. The van der Waals surface area contributed by atoms with E-state index >= 15 is 0 Å². The van der Waals surface area contributed by atoms with Gasteiger partial charge in [-0.1, -0.05) is 18.2 Å². The van der Waals surface area contributed by atoms with E-state index in [4.69, 9.17) is 0 Å². The zero-order valence-electron chi connectivity index (χ0n) is 15.4. The zero-order valence-corrected chi connectivity index (χ0v) is 17.9. The van der Waals surface area contributed by atoms with Gasteiger partial charge in [-0.2, -0.15) is 0 Å². The zero-order chi connectivity index (χ0) is 20.3. The SMILES string of the molecule is CN1C(C(=O)Nc2nc3c(s2)CCCC3)=C(O)c2sc3ccccc3c2S1(=O)=O. The highest BCUT2D eigenvalue weighted by Gasteiger charge is 2.41. The summed E-state index contributed by atoms with van der Waals surface area (Å²) in [6, 6.07) is 7.05. The molecular weight excluding hydrogens is 430 g/mol. The second kappa shape index (κ2) is 6.54. The summed E-state index contributed by atoms with van der Waals surface area (Å²) in [6.07, 6.45) is 4.00. The molecule has 0 bridgehead atoms. The lowest BCUT2D eigenvalue weighted by Crippen LogP contribution is -2.36. The Hall–Kier alpha value is -2.43. The first-order chi connectivity index (χ1) is 13.9. The third-order valence-electron chi connectivity index (χ3n) is 5.20. The Balaban J connectivity index is 1.59. The van der Waals surface area contributed by atoms with Gasteiger partial charge < -0.3 is 5.11 Å². The molecule has 0 unspecified atom stereocenters. The van der Waals surface area contributed by atoms with E-state index in [2.05, 4.69) is 10.3 Å². The number of nitrogens with zero attached hydrogens (tertiary/aromatic N) is 2. The fourth-order valence-corrected chi connectivity index (χ4v) is 7.82. The van der Waals surface area contributed by atoms with Gasteiger partial charge in [-0.3, -0.25) is 14.4 Å².